The average Bonchev–Trinajstić information content (AvgIpc) is 2.77. The van der Waals surface area contributed by atoms with Crippen LogP contribution in [0.4, 0.5) is 0 Å². The molecule has 0 radical (unpaired) electrons. The fourth-order valence-corrected chi connectivity index (χ4v) is 3.00. The molecule has 2 nitrogen and oxygen atoms in total. The molecule has 1 saturated heterocycles. The van der Waals surface area contributed by atoms with Crippen molar-refractivity contribution in [2.75, 3.05) is 13.1 Å². The summed E-state index contributed by atoms with van der Waals surface area (Å²) in [7, 11) is 0. The molecule has 1 aliphatic rings. The van der Waals surface area contributed by atoms with E-state index in [0.717, 1.165) is 29.4 Å². The van der Waals surface area contributed by atoms with E-state index < -0.39 is 0 Å². The van der Waals surface area contributed by atoms with E-state index in [9.17, 15) is 5.11 Å². The van der Waals surface area contributed by atoms with Crippen molar-refractivity contribution in [3.63, 3.8) is 0 Å². The Morgan fingerprint density at radius 3 is 3.14 bits per heavy atom. The lowest BCUT2D eigenvalue weighted by Crippen LogP contribution is -2.24. The zero-order valence-corrected chi connectivity index (χ0v) is 9.44. The highest BCUT2D eigenvalue weighted by molar-refractivity contribution is 7.10. The summed E-state index contributed by atoms with van der Waals surface area (Å²) in [6, 6.07) is 1.89. The first-order valence-electron chi connectivity index (χ1n) is 4.88. The number of thiophene rings is 1. The van der Waals surface area contributed by atoms with Crippen LogP contribution in [0.15, 0.2) is 11.4 Å². The molecule has 1 aromatic heterocycles. The largest absolute Gasteiger partial charge is 0.392 e. The predicted molar refractivity (Wildman–Crippen MR) is 60.0 cm³/mol. The van der Waals surface area contributed by atoms with E-state index in [1.54, 1.807) is 11.3 Å². The molecule has 1 aliphatic heterocycles. The van der Waals surface area contributed by atoms with Gasteiger partial charge in [0, 0.05) is 17.8 Å². The maximum atomic E-state index is 9.95. The Bertz CT molecular complexity index is 296. The fraction of sp³-hybridized carbons (Fsp3) is 0.600. The highest BCUT2D eigenvalue weighted by atomic mass is 35.5. The molecule has 0 saturated carbocycles. The zero-order chi connectivity index (χ0) is 9.97. The van der Waals surface area contributed by atoms with Gasteiger partial charge in [0.15, 0.2) is 0 Å². The van der Waals surface area contributed by atoms with Crippen LogP contribution in [-0.4, -0.2) is 24.3 Å². The predicted octanol–water partition coefficient (Wildman–Crippen LogP) is 1.91. The van der Waals surface area contributed by atoms with E-state index in [1.165, 1.54) is 0 Å². The average molecular weight is 232 g/mol. The van der Waals surface area contributed by atoms with Gasteiger partial charge in [-0.15, -0.1) is 11.3 Å². The highest BCUT2D eigenvalue weighted by Crippen LogP contribution is 2.26. The van der Waals surface area contributed by atoms with Crippen LogP contribution < -0.4 is 5.32 Å². The highest BCUT2D eigenvalue weighted by Gasteiger charge is 2.23. The number of aliphatic hydroxyl groups is 1. The molecular formula is C10H14ClNOS. The molecule has 2 heterocycles. The first-order valence-corrected chi connectivity index (χ1v) is 6.14. The summed E-state index contributed by atoms with van der Waals surface area (Å²) in [5, 5.41) is 16.0. The number of hydrogen-bond donors (Lipinski definition) is 2. The second-order valence-electron chi connectivity index (χ2n) is 3.72. The molecule has 1 aromatic rings. The van der Waals surface area contributed by atoms with Gasteiger partial charge < -0.3 is 10.4 Å². The summed E-state index contributed by atoms with van der Waals surface area (Å²) in [6.07, 6.45) is 1.52. The van der Waals surface area contributed by atoms with Gasteiger partial charge in [0.1, 0.15) is 0 Å². The van der Waals surface area contributed by atoms with Crippen LogP contribution >= 0.6 is 22.9 Å². The standard InChI is InChI=1S/C10H14ClNOS/c11-8-2-4-14-10(8)5-9(13)7-1-3-12-6-7/h2,4,7,9,12-13H,1,3,5-6H2/t7-,9?/m0/s1. The Morgan fingerprint density at radius 2 is 2.57 bits per heavy atom. The third-order valence-corrected chi connectivity index (χ3v) is 4.14. The molecule has 4 heteroatoms. The molecule has 0 spiro atoms. The van der Waals surface area contributed by atoms with Gasteiger partial charge in [0.2, 0.25) is 0 Å². The van der Waals surface area contributed by atoms with Gasteiger partial charge in [0.05, 0.1) is 11.1 Å². The van der Waals surface area contributed by atoms with Crippen molar-refractivity contribution in [3.8, 4) is 0 Å². The first-order chi connectivity index (χ1) is 6.77. The molecule has 0 amide bonds. The van der Waals surface area contributed by atoms with Gasteiger partial charge >= 0.3 is 0 Å². The van der Waals surface area contributed by atoms with Crippen molar-refractivity contribution >= 4 is 22.9 Å². The molecule has 1 unspecified atom stereocenters. The van der Waals surface area contributed by atoms with Gasteiger partial charge in [-0.1, -0.05) is 11.6 Å². The van der Waals surface area contributed by atoms with Crippen LogP contribution in [-0.2, 0) is 6.42 Å². The van der Waals surface area contributed by atoms with Crippen LogP contribution in [0.5, 0.6) is 0 Å². The van der Waals surface area contributed by atoms with Gasteiger partial charge in [-0.3, -0.25) is 0 Å². The van der Waals surface area contributed by atoms with Crippen molar-refractivity contribution < 1.29 is 5.11 Å². The lowest BCUT2D eigenvalue weighted by atomic mass is 9.98. The molecule has 0 bridgehead atoms. The topological polar surface area (TPSA) is 32.3 Å². The first kappa shape index (κ1) is 10.4. The van der Waals surface area contributed by atoms with Crippen LogP contribution in [0.2, 0.25) is 5.02 Å². The summed E-state index contributed by atoms with van der Waals surface area (Å²) in [6.45, 7) is 1.96. The van der Waals surface area contributed by atoms with Crippen LogP contribution in [0.1, 0.15) is 11.3 Å². The second-order valence-corrected chi connectivity index (χ2v) is 5.12. The molecule has 2 rings (SSSR count). The molecule has 2 N–H and O–H groups in total. The lowest BCUT2D eigenvalue weighted by Gasteiger charge is -2.16. The van der Waals surface area contributed by atoms with Crippen molar-refractivity contribution in [1.82, 2.24) is 5.32 Å². The minimum atomic E-state index is -0.249. The van der Waals surface area contributed by atoms with E-state index >= 15 is 0 Å². The van der Waals surface area contributed by atoms with Crippen molar-refractivity contribution in [1.29, 1.82) is 0 Å². The summed E-state index contributed by atoms with van der Waals surface area (Å²) >= 11 is 7.60. The van der Waals surface area contributed by atoms with Crippen molar-refractivity contribution in [3.05, 3.63) is 21.3 Å². The maximum absolute atomic E-state index is 9.95. The monoisotopic (exact) mass is 231 g/mol. The number of hydrogen-bond acceptors (Lipinski definition) is 3. The van der Waals surface area contributed by atoms with Gasteiger partial charge in [-0.05, 0) is 30.3 Å². The third kappa shape index (κ3) is 2.28. The fourth-order valence-electron chi connectivity index (χ4n) is 1.83. The summed E-state index contributed by atoms with van der Waals surface area (Å²) < 4.78 is 0. The van der Waals surface area contributed by atoms with Crippen molar-refractivity contribution in [2.45, 2.75) is 18.9 Å². The van der Waals surface area contributed by atoms with Gasteiger partial charge in [-0.25, -0.2) is 0 Å². The Morgan fingerprint density at radius 1 is 1.71 bits per heavy atom. The van der Waals surface area contributed by atoms with Crippen LogP contribution in [0.25, 0.3) is 0 Å². The molecular weight excluding hydrogens is 218 g/mol. The summed E-state index contributed by atoms with van der Waals surface area (Å²) in [5.74, 6) is 0.396. The quantitative estimate of drug-likeness (QED) is 0.833. The van der Waals surface area contributed by atoms with Crippen molar-refractivity contribution in [2.24, 2.45) is 5.92 Å². The summed E-state index contributed by atoms with van der Waals surface area (Å²) in [4.78, 5) is 1.10. The van der Waals surface area contributed by atoms with E-state index in [0.29, 0.717) is 12.3 Å². The van der Waals surface area contributed by atoms with Gasteiger partial charge in [0.25, 0.3) is 0 Å². The number of rotatable bonds is 3. The maximum Gasteiger partial charge on any atom is 0.0629 e. The third-order valence-electron chi connectivity index (χ3n) is 2.73. The molecule has 0 aromatic carbocycles. The minimum absolute atomic E-state index is 0.249. The van der Waals surface area contributed by atoms with Crippen LogP contribution in [0.3, 0.4) is 0 Å². The Balaban J connectivity index is 1.93. The molecule has 2 atom stereocenters. The van der Waals surface area contributed by atoms with E-state index in [1.807, 2.05) is 11.4 Å². The Hall–Kier alpha value is -0.0900. The molecule has 14 heavy (non-hydrogen) atoms. The number of halogens is 1. The van der Waals surface area contributed by atoms with E-state index in [-0.39, 0.29) is 6.10 Å². The van der Waals surface area contributed by atoms with E-state index in [2.05, 4.69) is 5.32 Å². The van der Waals surface area contributed by atoms with Crippen LogP contribution in [0, 0.1) is 5.92 Å². The Kier molecular flexibility index (Phi) is 3.44. The minimum Gasteiger partial charge on any atom is -0.392 e. The second kappa shape index (κ2) is 4.62. The summed E-state index contributed by atoms with van der Waals surface area (Å²) in [5.41, 5.74) is 0. The molecule has 0 aliphatic carbocycles. The normalized spacial score (nSPS) is 24.0. The zero-order valence-electron chi connectivity index (χ0n) is 7.87. The van der Waals surface area contributed by atoms with Gasteiger partial charge in [-0.2, -0.15) is 0 Å². The van der Waals surface area contributed by atoms with E-state index in [4.69, 9.17) is 11.6 Å². The Labute approximate surface area is 92.9 Å². The molecule has 1 fully saturated rings. The SMILES string of the molecule is OC(Cc1sccc1Cl)[C@H]1CCNC1. The lowest BCUT2D eigenvalue weighted by molar-refractivity contribution is 0.118. The smallest absolute Gasteiger partial charge is 0.0629 e. The molecule has 78 valence electrons. The number of aliphatic hydroxyl groups excluding tert-OH is 1. The number of nitrogens with one attached hydrogen (secondary N) is 1.